The standard InChI is InChI=1S/C30H27F2N7OS/c1-17-23-25-19(13-33-26(27(23)41-37-17)24-21(31)5-3-6-22(24)32)14-34-29(36-25)38(2)20-9-7-18(8-10-20)28(40)39-15-30(16-39)11-4-12-35-30/h3,5-10,14,35H,4,11-13,15-16H2,1-2H3. The zero-order valence-electron chi connectivity index (χ0n) is 22.6. The van der Waals surface area contributed by atoms with E-state index >= 15 is 0 Å². The molecule has 2 aromatic heterocycles. The molecular formula is C30H27F2N7OS. The Hall–Kier alpha value is -4.09. The van der Waals surface area contributed by atoms with E-state index in [4.69, 9.17) is 4.98 Å². The number of rotatable bonds is 4. The van der Waals surface area contributed by atoms with Gasteiger partial charge in [0.2, 0.25) is 5.95 Å². The first-order chi connectivity index (χ1) is 19.8. The summed E-state index contributed by atoms with van der Waals surface area (Å²) in [6.07, 6.45) is 3.99. The lowest BCUT2D eigenvalue weighted by Crippen LogP contribution is -2.67. The Labute approximate surface area is 239 Å². The van der Waals surface area contributed by atoms with Crippen LogP contribution in [0, 0.1) is 18.6 Å². The van der Waals surface area contributed by atoms with Crippen LogP contribution >= 0.6 is 11.5 Å². The summed E-state index contributed by atoms with van der Waals surface area (Å²) >= 11 is 1.15. The number of carbonyl (C=O) groups is 1. The molecule has 4 aromatic rings. The maximum atomic E-state index is 14.8. The summed E-state index contributed by atoms with van der Waals surface area (Å²) in [6.45, 7) is 4.56. The van der Waals surface area contributed by atoms with Crippen molar-refractivity contribution in [2.45, 2.75) is 31.8 Å². The third kappa shape index (κ3) is 4.31. The van der Waals surface area contributed by atoms with Crippen molar-refractivity contribution in [3.05, 3.63) is 87.6 Å². The molecule has 1 amide bonds. The summed E-state index contributed by atoms with van der Waals surface area (Å²) in [6, 6.07) is 11.2. The molecule has 1 N–H and O–H groups in total. The number of fused-ring (bicyclic) bond motifs is 3. The highest BCUT2D eigenvalue weighted by Crippen LogP contribution is 2.38. The van der Waals surface area contributed by atoms with Gasteiger partial charge in [0, 0.05) is 48.7 Å². The van der Waals surface area contributed by atoms with Crippen LogP contribution in [0.25, 0.3) is 11.3 Å². The number of aromatic nitrogens is 3. The molecule has 0 bridgehead atoms. The summed E-state index contributed by atoms with van der Waals surface area (Å²) in [5, 5.41) is 3.54. The number of aryl methyl sites for hydroxylation is 1. The van der Waals surface area contributed by atoms with Gasteiger partial charge in [-0.15, -0.1) is 0 Å². The lowest BCUT2D eigenvalue weighted by molar-refractivity contribution is 0.0354. The van der Waals surface area contributed by atoms with Gasteiger partial charge >= 0.3 is 0 Å². The number of carbonyl (C=O) groups excluding carboxylic acids is 1. The van der Waals surface area contributed by atoms with Gasteiger partial charge in [-0.2, -0.15) is 4.37 Å². The van der Waals surface area contributed by atoms with Crippen LogP contribution in [0.5, 0.6) is 0 Å². The number of hydrogen-bond donors (Lipinski definition) is 1. The Kier molecular flexibility index (Phi) is 6.16. The fourth-order valence-electron chi connectivity index (χ4n) is 5.95. The summed E-state index contributed by atoms with van der Waals surface area (Å²) in [4.78, 5) is 31.4. The number of amides is 1. The van der Waals surface area contributed by atoms with E-state index in [1.54, 1.807) is 6.20 Å². The molecular weight excluding hydrogens is 544 g/mol. The van der Waals surface area contributed by atoms with Crippen LogP contribution < -0.4 is 10.2 Å². The van der Waals surface area contributed by atoms with Gasteiger partial charge in [-0.05, 0) is 74.2 Å². The number of nitrogens with one attached hydrogen (secondary N) is 1. The van der Waals surface area contributed by atoms with Crippen LogP contribution in [-0.4, -0.2) is 63.1 Å². The maximum absolute atomic E-state index is 14.8. The fourth-order valence-corrected chi connectivity index (χ4v) is 6.85. The second kappa shape index (κ2) is 9.78. The normalized spacial score (nSPS) is 17.0. The molecule has 3 aliphatic rings. The number of benzene rings is 2. The molecule has 8 nitrogen and oxygen atoms in total. The Morgan fingerprint density at radius 3 is 2.56 bits per heavy atom. The van der Waals surface area contributed by atoms with Gasteiger partial charge in [0.1, 0.15) is 11.6 Å². The molecule has 7 rings (SSSR count). The number of aliphatic imine (C=N–C) groups is 1. The summed E-state index contributed by atoms with van der Waals surface area (Å²) in [7, 11) is 1.86. The minimum atomic E-state index is -0.677. The lowest BCUT2D eigenvalue weighted by atomic mass is 9.87. The predicted octanol–water partition coefficient (Wildman–Crippen LogP) is 4.88. The largest absolute Gasteiger partial charge is 0.335 e. The van der Waals surface area contributed by atoms with E-state index in [0.717, 1.165) is 55.3 Å². The molecule has 5 heterocycles. The van der Waals surface area contributed by atoms with E-state index in [9.17, 15) is 13.6 Å². The van der Waals surface area contributed by atoms with Gasteiger partial charge in [0.15, 0.2) is 0 Å². The van der Waals surface area contributed by atoms with E-state index in [-0.39, 0.29) is 29.3 Å². The molecule has 0 radical (unpaired) electrons. The molecule has 0 saturated carbocycles. The van der Waals surface area contributed by atoms with E-state index in [0.29, 0.717) is 33.3 Å². The zero-order chi connectivity index (χ0) is 28.3. The van der Waals surface area contributed by atoms with Crippen molar-refractivity contribution in [3.63, 3.8) is 0 Å². The average molecular weight is 572 g/mol. The number of anilines is 2. The highest BCUT2D eigenvalue weighted by Gasteiger charge is 2.46. The van der Waals surface area contributed by atoms with E-state index in [2.05, 4.69) is 19.7 Å². The van der Waals surface area contributed by atoms with Gasteiger partial charge in [0.25, 0.3) is 5.91 Å². The van der Waals surface area contributed by atoms with Crippen molar-refractivity contribution < 1.29 is 13.6 Å². The average Bonchev–Trinajstić information content (AvgIpc) is 3.57. The highest BCUT2D eigenvalue weighted by atomic mass is 32.1. The third-order valence-corrected chi connectivity index (χ3v) is 9.13. The minimum Gasteiger partial charge on any atom is -0.335 e. The number of hydrogen-bond acceptors (Lipinski definition) is 8. The van der Waals surface area contributed by atoms with E-state index in [1.807, 2.05) is 48.0 Å². The quantitative estimate of drug-likeness (QED) is 0.376. The van der Waals surface area contributed by atoms with Crippen molar-refractivity contribution in [2.24, 2.45) is 4.99 Å². The molecule has 2 fully saturated rings. The summed E-state index contributed by atoms with van der Waals surface area (Å²) in [5.74, 6) is -0.875. The Balaban J connectivity index is 1.16. The summed E-state index contributed by atoms with van der Waals surface area (Å²) < 4.78 is 34.0. The molecule has 11 heteroatoms. The zero-order valence-corrected chi connectivity index (χ0v) is 23.4. The van der Waals surface area contributed by atoms with Gasteiger partial charge in [-0.3, -0.25) is 9.79 Å². The molecule has 208 valence electrons. The van der Waals surface area contributed by atoms with Crippen LogP contribution in [0.3, 0.4) is 0 Å². The predicted molar refractivity (Wildman–Crippen MR) is 154 cm³/mol. The second-order valence-electron chi connectivity index (χ2n) is 10.9. The van der Waals surface area contributed by atoms with Crippen LogP contribution in [0.1, 0.15) is 44.9 Å². The van der Waals surface area contributed by atoms with Crippen LogP contribution in [0.2, 0.25) is 0 Å². The topological polar surface area (TPSA) is 86.6 Å². The number of halogens is 2. The number of nitrogens with zero attached hydrogens (tertiary/aromatic N) is 6. The van der Waals surface area contributed by atoms with Crippen LogP contribution in [0.4, 0.5) is 20.4 Å². The smallest absolute Gasteiger partial charge is 0.253 e. The van der Waals surface area contributed by atoms with Crippen LogP contribution in [0.15, 0.2) is 53.7 Å². The molecule has 0 aliphatic carbocycles. The van der Waals surface area contributed by atoms with Gasteiger partial charge in [0.05, 0.1) is 39.6 Å². The molecule has 2 saturated heterocycles. The van der Waals surface area contributed by atoms with Crippen molar-refractivity contribution in [3.8, 4) is 11.3 Å². The minimum absolute atomic E-state index is 0.0369. The van der Waals surface area contributed by atoms with E-state index in [1.165, 1.54) is 18.2 Å². The maximum Gasteiger partial charge on any atom is 0.253 e. The van der Waals surface area contributed by atoms with Gasteiger partial charge < -0.3 is 15.1 Å². The van der Waals surface area contributed by atoms with Crippen molar-refractivity contribution in [1.29, 1.82) is 0 Å². The van der Waals surface area contributed by atoms with Gasteiger partial charge in [-0.25, -0.2) is 18.7 Å². The first-order valence-corrected chi connectivity index (χ1v) is 14.3. The van der Waals surface area contributed by atoms with Crippen LogP contribution in [-0.2, 0) is 6.54 Å². The molecule has 2 aromatic carbocycles. The van der Waals surface area contributed by atoms with Crippen molar-refractivity contribution in [2.75, 3.05) is 31.6 Å². The highest BCUT2D eigenvalue weighted by molar-refractivity contribution is 7.09. The summed E-state index contributed by atoms with van der Waals surface area (Å²) in [5.41, 5.74) is 4.42. The van der Waals surface area contributed by atoms with Crippen molar-refractivity contribution in [1.82, 2.24) is 24.6 Å². The first-order valence-electron chi connectivity index (χ1n) is 13.5. The number of likely N-dealkylation sites (tertiary alicyclic amines) is 1. The lowest BCUT2D eigenvalue weighted by Gasteiger charge is -2.48. The van der Waals surface area contributed by atoms with E-state index < -0.39 is 11.6 Å². The third-order valence-electron chi connectivity index (χ3n) is 8.18. The molecule has 0 atom stereocenters. The monoisotopic (exact) mass is 571 g/mol. The molecule has 41 heavy (non-hydrogen) atoms. The Morgan fingerprint density at radius 1 is 1.10 bits per heavy atom. The SMILES string of the molecule is Cc1nsc2c1-c1nc(N(C)c3ccc(C(=O)N4CC5(CCCN5)C4)cc3)ncc1CN=C2c1c(F)cccc1F. The molecule has 3 aliphatic heterocycles. The Bertz CT molecular complexity index is 1680. The van der Waals surface area contributed by atoms with Crippen molar-refractivity contribution >= 4 is 34.8 Å². The van der Waals surface area contributed by atoms with Gasteiger partial charge in [-0.1, -0.05) is 6.07 Å². The second-order valence-corrected chi connectivity index (χ2v) is 11.6. The molecule has 1 spiro atoms. The Morgan fingerprint density at radius 2 is 1.85 bits per heavy atom. The first kappa shape index (κ1) is 25.8. The molecule has 0 unspecified atom stereocenters. The fraction of sp³-hybridized carbons (Fsp3) is 0.300.